The second-order valence-electron chi connectivity index (χ2n) is 3.54. The standard InChI is InChI=1S/C11H24O3/c1-4-10(3)11(5-2)14-9-8-13-7-6-12/h10-12H,4-9H2,1-3H3. The third-order valence-corrected chi connectivity index (χ3v) is 2.48. The molecule has 0 aliphatic heterocycles. The van der Waals surface area contributed by atoms with Crippen molar-refractivity contribution in [3.63, 3.8) is 0 Å². The van der Waals surface area contributed by atoms with Crippen LogP contribution >= 0.6 is 0 Å². The maximum Gasteiger partial charge on any atom is 0.0704 e. The Morgan fingerprint density at radius 2 is 1.79 bits per heavy atom. The number of aliphatic hydroxyl groups excluding tert-OH is 1. The van der Waals surface area contributed by atoms with E-state index in [4.69, 9.17) is 14.6 Å². The Balaban J connectivity index is 3.42. The third-order valence-electron chi connectivity index (χ3n) is 2.48. The highest BCUT2D eigenvalue weighted by Gasteiger charge is 2.13. The van der Waals surface area contributed by atoms with Crippen molar-refractivity contribution in [3.05, 3.63) is 0 Å². The van der Waals surface area contributed by atoms with E-state index < -0.39 is 0 Å². The Hall–Kier alpha value is -0.120. The highest BCUT2D eigenvalue weighted by atomic mass is 16.5. The predicted octanol–water partition coefficient (Wildman–Crippen LogP) is 1.84. The molecule has 0 radical (unpaired) electrons. The summed E-state index contributed by atoms with van der Waals surface area (Å²) in [6, 6.07) is 0. The minimum Gasteiger partial charge on any atom is -0.394 e. The molecule has 0 aromatic carbocycles. The highest BCUT2D eigenvalue weighted by molar-refractivity contribution is 4.62. The first-order chi connectivity index (χ1) is 6.76. The van der Waals surface area contributed by atoms with Gasteiger partial charge in [-0.3, -0.25) is 0 Å². The fraction of sp³-hybridized carbons (Fsp3) is 1.00. The van der Waals surface area contributed by atoms with Gasteiger partial charge in [-0.15, -0.1) is 0 Å². The van der Waals surface area contributed by atoms with E-state index in [0.29, 0.717) is 31.8 Å². The molecule has 0 aromatic rings. The molecule has 2 unspecified atom stereocenters. The van der Waals surface area contributed by atoms with Crippen molar-refractivity contribution < 1.29 is 14.6 Å². The summed E-state index contributed by atoms with van der Waals surface area (Å²) in [6.45, 7) is 8.23. The number of hydrogen-bond donors (Lipinski definition) is 1. The molecular weight excluding hydrogens is 180 g/mol. The van der Waals surface area contributed by atoms with E-state index in [1.807, 2.05) is 0 Å². The zero-order valence-corrected chi connectivity index (χ0v) is 9.66. The summed E-state index contributed by atoms with van der Waals surface area (Å²) >= 11 is 0. The lowest BCUT2D eigenvalue weighted by Gasteiger charge is -2.21. The molecule has 0 aromatic heterocycles. The lowest BCUT2D eigenvalue weighted by molar-refractivity contribution is -0.0248. The first kappa shape index (κ1) is 13.9. The Kier molecular flexibility index (Phi) is 9.35. The summed E-state index contributed by atoms with van der Waals surface area (Å²) in [5.74, 6) is 0.609. The summed E-state index contributed by atoms with van der Waals surface area (Å²) in [7, 11) is 0. The molecule has 0 saturated carbocycles. The van der Waals surface area contributed by atoms with Crippen LogP contribution in [0.1, 0.15) is 33.6 Å². The molecule has 0 bridgehead atoms. The van der Waals surface area contributed by atoms with Gasteiger partial charge in [0.15, 0.2) is 0 Å². The molecule has 3 nitrogen and oxygen atoms in total. The monoisotopic (exact) mass is 204 g/mol. The maximum atomic E-state index is 8.48. The van der Waals surface area contributed by atoms with Crippen LogP contribution < -0.4 is 0 Å². The van der Waals surface area contributed by atoms with Gasteiger partial charge in [-0.1, -0.05) is 27.2 Å². The van der Waals surface area contributed by atoms with Crippen molar-refractivity contribution in [2.24, 2.45) is 5.92 Å². The zero-order chi connectivity index (χ0) is 10.8. The van der Waals surface area contributed by atoms with Gasteiger partial charge in [-0.05, 0) is 12.3 Å². The third kappa shape index (κ3) is 6.35. The highest BCUT2D eigenvalue weighted by Crippen LogP contribution is 2.14. The zero-order valence-electron chi connectivity index (χ0n) is 9.66. The second kappa shape index (κ2) is 9.44. The molecule has 0 aliphatic carbocycles. The van der Waals surface area contributed by atoms with Crippen molar-refractivity contribution in [2.75, 3.05) is 26.4 Å². The van der Waals surface area contributed by atoms with Crippen LogP contribution in [0.2, 0.25) is 0 Å². The molecule has 14 heavy (non-hydrogen) atoms. The van der Waals surface area contributed by atoms with Crippen LogP contribution in [-0.4, -0.2) is 37.6 Å². The summed E-state index contributed by atoms with van der Waals surface area (Å²) in [6.07, 6.45) is 2.54. The van der Waals surface area contributed by atoms with Gasteiger partial charge < -0.3 is 14.6 Å². The van der Waals surface area contributed by atoms with Crippen LogP contribution in [0, 0.1) is 5.92 Å². The van der Waals surface area contributed by atoms with Crippen molar-refractivity contribution in [2.45, 2.75) is 39.7 Å². The van der Waals surface area contributed by atoms with Crippen molar-refractivity contribution in [1.82, 2.24) is 0 Å². The second-order valence-corrected chi connectivity index (χ2v) is 3.54. The van der Waals surface area contributed by atoms with Gasteiger partial charge in [-0.25, -0.2) is 0 Å². The fourth-order valence-corrected chi connectivity index (χ4v) is 1.37. The van der Waals surface area contributed by atoms with Crippen LogP contribution in [0.15, 0.2) is 0 Å². The van der Waals surface area contributed by atoms with Gasteiger partial charge in [0, 0.05) is 0 Å². The fourth-order valence-electron chi connectivity index (χ4n) is 1.37. The van der Waals surface area contributed by atoms with E-state index in [2.05, 4.69) is 20.8 Å². The molecule has 0 fully saturated rings. The maximum absolute atomic E-state index is 8.48. The predicted molar refractivity (Wildman–Crippen MR) is 57.4 cm³/mol. The molecule has 0 aliphatic rings. The smallest absolute Gasteiger partial charge is 0.0704 e. The molecular formula is C11H24O3. The van der Waals surface area contributed by atoms with Gasteiger partial charge in [0.1, 0.15) is 0 Å². The summed E-state index contributed by atoms with van der Waals surface area (Å²) in [4.78, 5) is 0. The van der Waals surface area contributed by atoms with Gasteiger partial charge in [0.2, 0.25) is 0 Å². The SMILES string of the molecule is CCC(C)C(CC)OCCOCCO. The Labute approximate surface area is 87.4 Å². The quantitative estimate of drug-likeness (QED) is 0.582. The molecule has 3 heteroatoms. The van der Waals surface area contributed by atoms with E-state index in [0.717, 1.165) is 12.8 Å². The first-order valence-corrected chi connectivity index (χ1v) is 5.56. The van der Waals surface area contributed by atoms with E-state index in [1.165, 1.54) is 0 Å². The molecule has 2 atom stereocenters. The van der Waals surface area contributed by atoms with Crippen molar-refractivity contribution in [3.8, 4) is 0 Å². The van der Waals surface area contributed by atoms with Crippen LogP contribution in [0.4, 0.5) is 0 Å². The molecule has 1 N–H and O–H groups in total. The minimum atomic E-state index is 0.0859. The lowest BCUT2D eigenvalue weighted by atomic mass is 10.00. The van der Waals surface area contributed by atoms with E-state index in [-0.39, 0.29) is 6.61 Å². The average molecular weight is 204 g/mol. The van der Waals surface area contributed by atoms with Gasteiger partial charge in [0.25, 0.3) is 0 Å². The molecule has 86 valence electrons. The van der Waals surface area contributed by atoms with Crippen LogP contribution in [0.3, 0.4) is 0 Å². The van der Waals surface area contributed by atoms with E-state index in [1.54, 1.807) is 0 Å². The van der Waals surface area contributed by atoms with Crippen LogP contribution in [-0.2, 0) is 9.47 Å². The molecule has 0 heterocycles. The van der Waals surface area contributed by atoms with Crippen LogP contribution in [0.25, 0.3) is 0 Å². The van der Waals surface area contributed by atoms with Crippen molar-refractivity contribution >= 4 is 0 Å². The molecule has 0 spiro atoms. The van der Waals surface area contributed by atoms with Crippen LogP contribution in [0.5, 0.6) is 0 Å². The van der Waals surface area contributed by atoms with Gasteiger partial charge in [0.05, 0.1) is 32.5 Å². The van der Waals surface area contributed by atoms with Gasteiger partial charge in [-0.2, -0.15) is 0 Å². The number of hydrogen-bond acceptors (Lipinski definition) is 3. The molecule has 0 rings (SSSR count). The minimum absolute atomic E-state index is 0.0859. The normalized spacial score (nSPS) is 15.4. The van der Waals surface area contributed by atoms with Gasteiger partial charge >= 0.3 is 0 Å². The first-order valence-electron chi connectivity index (χ1n) is 5.56. The Morgan fingerprint density at radius 3 is 2.29 bits per heavy atom. The van der Waals surface area contributed by atoms with E-state index in [9.17, 15) is 0 Å². The summed E-state index contributed by atoms with van der Waals surface area (Å²) in [5.41, 5.74) is 0. The topological polar surface area (TPSA) is 38.7 Å². The summed E-state index contributed by atoms with van der Waals surface area (Å²) < 4.78 is 10.8. The molecule has 0 saturated heterocycles. The summed E-state index contributed by atoms with van der Waals surface area (Å²) in [5, 5.41) is 8.48. The largest absolute Gasteiger partial charge is 0.394 e. The van der Waals surface area contributed by atoms with E-state index >= 15 is 0 Å². The lowest BCUT2D eigenvalue weighted by Crippen LogP contribution is -2.22. The Bertz CT molecular complexity index is 117. The number of aliphatic hydroxyl groups is 1. The number of rotatable bonds is 9. The average Bonchev–Trinajstić information content (AvgIpc) is 2.22. The van der Waals surface area contributed by atoms with Crippen molar-refractivity contribution in [1.29, 1.82) is 0 Å². The number of ether oxygens (including phenoxy) is 2. The Morgan fingerprint density at radius 1 is 1.07 bits per heavy atom. The molecule has 0 amide bonds.